The van der Waals surface area contributed by atoms with Gasteiger partial charge < -0.3 is 4.74 Å². The SMILES string of the molecule is C=CC(=O)OC[S+](C)c1ccccc1. The van der Waals surface area contributed by atoms with Gasteiger partial charge in [0.05, 0.1) is 10.9 Å². The van der Waals surface area contributed by atoms with E-state index >= 15 is 0 Å². The third-order valence-electron chi connectivity index (χ3n) is 1.69. The third kappa shape index (κ3) is 3.26. The minimum absolute atomic E-state index is 0.0464. The zero-order valence-corrected chi connectivity index (χ0v) is 8.92. The van der Waals surface area contributed by atoms with Crippen LogP contribution in [0.1, 0.15) is 0 Å². The Kier molecular flexibility index (Phi) is 4.26. The normalized spacial score (nSPS) is 11.8. The third-order valence-corrected chi connectivity index (χ3v) is 3.24. The second kappa shape index (κ2) is 5.50. The van der Waals surface area contributed by atoms with Gasteiger partial charge in [-0.25, -0.2) is 4.79 Å². The summed E-state index contributed by atoms with van der Waals surface area (Å²) in [6, 6.07) is 9.99. The van der Waals surface area contributed by atoms with Crippen LogP contribution in [-0.4, -0.2) is 18.2 Å². The van der Waals surface area contributed by atoms with Crippen molar-refractivity contribution in [3.05, 3.63) is 43.0 Å². The van der Waals surface area contributed by atoms with Crippen LogP contribution in [0.5, 0.6) is 0 Å². The van der Waals surface area contributed by atoms with Crippen molar-refractivity contribution in [3.63, 3.8) is 0 Å². The van der Waals surface area contributed by atoms with E-state index in [4.69, 9.17) is 4.74 Å². The van der Waals surface area contributed by atoms with E-state index in [0.29, 0.717) is 5.94 Å². The summed E-state index contributed by atoms with van der Waals surface area (Å²) in [5.74, 6) is 0.0646. The van der Waals surface area contributed by atoms with Gasteiger partial charge >= 0.3 is 5.97 Å². The monoisotopic (exact) mass is 209 g/mol. The number of hydrogen-bond donors (Lipinski definition) is 0. The molecule has 0 saturated heterocycles. The number of rotatable bonds is 4. The molecule has 0 heterocycles. The van der Waals surface area contributed by atoms with Gasteiger partial charge in [-0.05, 0) is 12.1 Å². The lowest BCUT2D eigenvalue weighted by atomic mass is 10.4. The summed E-state index contributed by atoms with van der Waals surface area (Å²) in [7, 11) is -0.0464. The minimum atomic E-state index is -0.361. The molecular formula is C11H13O2S+. The Morgan fingerprint density at radius 2 is 2.14 bits per heavy atom. The molecule has 74 valence electrons. The molecular weight excluding hydrogens is 196 g/mol. The fraction of sp³-hybridized carbons (Fsp3) is 0.182. The van der Waals surface area contributed by atoms with Crippen LogP contribution in [0.4, 0.5) is 0 Å². The lowest BCUT2D eigenvalue weighted by molar-refractivity contribution is -0.135. The molecule has 0 bridgehead atoms. The summed E-state index contributed by atoms with van der Waals surface area (Å²) in [4.78, 5) is 12.0. The average Bonchev–Trinajstić information content (AvgIpc) is 2.26. The highest BCUT2D eigenvalue weighted by Gasteiger charge is 2.15. The van der Waals surface area contributed by atoms with Crippen molar-refractivity contribution in [2.24, 2.45) is 0 Å². The highest BCUT2D eigenvalue weighted by molar-refractivity contribution is 7.96. The van der Waals surface area contributed by atoms with E-state index in [1.165, 1.54) is 11.0 Å². The maximum atomic E-state index is 10.8. The van der Waals surface area contributed by atoms with Crippen LogP contribution >= 0.6 is 0 Å². The van der Waals surface area contributed by atoms with Crippen molar-refractivity contribution >= 4 is 16.9 Å². The van der Waals surface area contributed by atoms with Crippen molar-refractivity contribution in [2.45, 2.75) is 4.90 Å². The maximum Gasteiger partial charge on any atom is 0.333 e. The largest absolute Gasteiger partial charge is 0.415 e. The van der Waals surface area contributed by atoms with E-state index in [1.54, 1.807) is 0 Å². The quantitative estimate of drug-likeness (QED) is 0.430. The van der Waals surface area contributed by atoms with Crippen molar-refractivity contribution in [3.8, 4) is 0 Å². The van der Waals surface area contributed by atoms with Gasteiger partial charge in [0, 0.05) is 6.08 Å². The first kappa shape index (κ1) is 10.9. The molecule has 1 unspecified atom stereocenters. The van der Waals surface area contributed by atoms with Crippen LogP contribution in [-0.2, 0) is 20.4 Å². The van der Waals surface area contributed by atoms with Crippen LogP contribution < -0.4 is 0 Å². The molecule has 3 heteroatoms. The van der Waals surface area contributed by atoms with E-state index in [-0.39, 0.29) is 16.9 Å². The summed E-state index contributed by atoms with van der Waals surface area (Å²) in [5, 5.41) is 0. The summed E-state index contributed by atoms with van der Waals surface area (Å²) in [6.07, 6.45) is 3.23. The summed E-state index contributed by atoms with van der Waals surface area (Å²) in [6.45, 7) is 3.34. The molecule has 0 aliphatic heterocycles. The number of carbonyl (C=O) groups excluding carboxylic acids is 1. The summed E-state index contributed by atoms with van der Waals surface area (Å²) in [5.41, 5.74) is 0. The zero-order chi connectivity index (χ0) is 10.4. The van der Waals surface area contributed by atoms with E-state index < -0.39 is 0 Å². The number of hydrogen-bond acceptors (Lipinski definition) is 2. The van der Waals surface area contributed by atoms with E-state index in [0.717, 1.165) is 0 Å². The molecule has 0 aliphatic rings. The van der Waals surface area contributed by atoms with Crippen LogP contribution in [0.25, 0.3) is 0 Å². The Balaban J connectivity index is 2.47. The fourth-order valence-corrected chi connectivity index (χ4v) is 1.98. The van der Waals surface area contributed by atoms with Crippen molar-refractivity contribution in [1.82, 2.24) is 0 Å². The maximum absolute atomic E-state index is 10.8. The molecule has 0 aromatic heterocycles. The summed E-state index contributed by atoms with van der Waals surface area (Å²) < 4.78 is 4.96. The predicted molar refractivity (Wildman–Crippen MR) is 59.2 cm³/mol. The Bertz CT molecular complexity index is 308. The topological polar surface area (TPSA) is 26.3 Å². The molecule has 0 aliphatic carbocycles. The number of carbonyl (C=O) groups is 1. The molecule has 0 radical (unpaired) electrons. The molecule has 0 saturated carbocycles. The van der Waals surface area contributed by atoms with E-state index in [1.807, 2.05) is 36.6 Å². The van der Waals surface area contributed by atoms with Gasteiger partial charge in [0.2, 0.25) is 0 Å². The molecule has 14 heavy (non-hydrogen) atoms. The lowest BCUT2D eigenvalue weighted by Crippen LogP contribution is -2.12. The van der Waals surface area contributed by atoms with Crippen molar-refractivity contribution < 1.29 is 9.53 Å². The smallest absolute Gasteiger partial charge is 0.333 e. The van der Waals surface area contributed by atoms with Crippen molar-refractivity contribution in [2.75, 3.05) is 12.2 Å². The number of benzene rings is 1. The van der Waals surface area contributed by atoms with Gasteiger partial charge in [-0.1, -0.05) is 24.8 Å². The molecule has 0 spiro atoms. The Labute approximate surface area is 86.9 Å². The number of esters is 1. The average molecular weight is 209 g/mol. The second-order valence-corrected chi connectivity index (χ2v) is 4.72. The highest BCUT2D eigenvalue weighted by Crippen LogP contribution is 2.10. The molecule has 0 N–H and O–H groups in total. The minimum Gasteiger partial charge on any atom is -0.415 e. The van der Waals surface area contributed by atoms with Crippen LogP contribution in [0, 0.1) is 0 Å². The van der Waals surface area contributed by atoms with Crippen LogP contribution in [0.2, 0.25) is 0 Å². The van der Waals surface area contributed by atoms with Crippen LogP contribution in [0.15, 0.2) is 47.9 Å². The highest BCUT2D eigenvalue weighted by atomic mass is 32.2. The van der Waals surface area contributed by atoms with Gasteiger partial charge in [0.15, 0.2) is 4.90 Å². The second-order valence-electron chi connectivity index (χ2n) is 2.74. The zero-order valence-electron chi connectivity index (χ0n) is 8.10. The lowest BCUT2D eigenvalue weighted by Gasteiger charge is -2.02. The van der Waals surface area contributed by atoms with E-state index in [2.05, 4.69) is 6.58 Å². The molecule has 1 rings (SSSR count). The Hall–Kier alpha value is -1.22. The molecule has 1 aromatic rings. The van der Waals surface area contributed by atoms with Gasteiger partial charge in [0.25, 0.3) is 5.94 Å². The van der Waals surface area contributed by atoms with Gasteiger partial charge in [-0.3, -0.25) is 0 Å². The first-order chi connectivity index (χ1) is 6.74. The van der Waals surface area contributed by atoms with Crippen molar-refractivity contribution in [1.29, 1.82) is 0 Å². The molecule has 0 fully saturated rings. The Morgan fingerprint density at radius 1 is 1.50 bits per heavy atom. The van der Waals surface area contributed by atoms with Gasteiger partial charge in [-0.2, -0.15) is 0 Å². The predicted octanol–water partition coefficient (Wildman–Crippen LogP) is 1.98. The van der Waals surface area contributed by atoms with Gasteiger partial charge in [0.1, 0.15) is 6.26 Å². The number of ether oxygens (including phenoxy) is 1. The Morgan fingerprint density at radius 3 is 2.71 bits per heavy atom. The molecule has 0 amide bonds. The van der Waals surface area contributed by atoms with Gasteiger partial charge in [-0.15, -0.1) is 0 Å². The molecule has 1 aromatic carbocycles. The van der Waals surface area contributed by atoms with E-state index in [9.17, 15) is 4.79 Å². The fourth-order valence-electron chi connectivity index (χ4n) is 0.926. The molecule has 2 nitrogen and oxygen atoms in total. The first-order valence-electron chi connectivity index (χ1n) is 4.21. The molecule has 1 atom stereocenters. The van der Waals surface area contributed by atoms with Crippen LogP contribution in [0.3, 0.4) is 0 Å². The summed E-state index contributed by atoms with van der Waals surface area (Å²) >= 11 is 0. The standard InChI is InChI=1S/C11H13O2S/c1-3-11(12)13-9-14(2)10-7-5-4-6-8-10/h3-8H,1,9H2,2H3/q+1. The first-order valence-corrected chi connectivity index (χ1v) is 6.01.